The first-order valence-corrected chi connectivity index (χ1v) is 8.22. The molecule has 110 valence electrons. The summed E-state index contributed by atoms with van der Waals surface area (Å²) in [7, 11) is -3.42. The van der Waals surface area contributed by atoms with E-state index in [9.17, 15) is 8.42 Å². The molecule has 1 N–H and O–H groups in total. The summed E-state index contributed by atoms with van der Waals surface area (Å²) in [6.07, 6.45) is 2.29. The lowest BCUT2D eigenvalue weighted by Gasteiger charge is -2.22. The maximum absolute atomic E-state index is 12.3. The highest BCUT2D eigenvalue weighted by Crippen LogP contribution is 2.12. The van der Waals surface area contributed by atoms with E-state index < -0.39 is 10.0 Å². The molecule has 0 saturated heterocycles. The third-order valence-electron chi connectivity index (χ3n) is 3.22. The summed E-state index contributed by atoms with van der Waals surface area (Å²) >= 11 is 0. The second-order valence-electron chi connectivity index (χ2n) is 4.30. The second-order valence-corrected chi connectivity index (χ2v) is 6.20. The van der Waals surface area contributed by atoms with Gasteiger partial charge in [-0.15, -0.1) is 0 Å². The summed E-state index contributed by atoms with van der Waals surface area (Å²) < 4.78 is 26.1. The van der Waals surface area contributed by atoms with Gasteiger partial charge in [-0.3, -0.25) is 5.10 Å². The maximum Gasteiger partial charge on any atom is 0.259 e. The van der Waals surface area contributed by atoms with Gasteiger partial charge in [-0.25, -0.2) is 8.42 Å². The lowest BCUT2D eigenvalue weighted by Crippen LogP contribution is -2.34. The fourth-order valence-electron chi connectivity index (χ4n) is 1.98. The van der Waals surface area contributed by atoms with Gasteiger partial charge in [-0.05, 0) is 32.1 Å². The lowest BCUT2D eigenvalue weighted by atomic mass is 10.3. The Morgan fingerprint density at radius 3 is 2.32 bits per heavy atom. The Balaban J connectivity index is 2.59. The first-order chi connectivity index (χ1) is 9.06. The van der Waals surface area contributed by atoms with E-state index in [-0.39, 0.29) is 5.03 Å². The van der Waals surface area contributed by atoms with Crippen LogP contribution in [0.1, 0.15) is 27.2 Å². The zero-order valence-corrected chi connectivity index (χ0v) is 12.8. The molecule has 6 nitrogen and oxygen atoms in total. The first-order valence-electron chi connectivity index (χ1n) is 6.78. The number of aromatic nitrogens is 2. The molecule has 0 spiro atoms. The van der Waals surface area contributed by atoms with Crippen molar-refractivity contribution in [2.45, 2.75) is 32.2 Å². The molecule has 0 aromatic carbocycles. The lowest BCUT2D eigenvalue weighted by molar-refractivity contribution is 0.285. The van der Waals surface area contributed by atoms with Crippen LogP contribution in [0.25, 0.3) is 0 Å². The van der Waals surface area contributed by atoms with Gasteiger partial charge in [0.15, 0.2) is 5.03 Å². The van der Waals surface area contributed by atoms with Gasteiger partial charge >= 0.3 is 0 Å². The summed E-state index contributed by atoms with van der Waals surface area (Å²) in [5.41, 5.74) is 0. The van der Waals surface area contributed by atoms with Crippen molar-refractivity contribution in [3.63, 3.8) is 0 Å². The maximum atomic E-state index is 12.3. The molecule has 19 heavy (non-hydrogen) atoms. The van der Waals surface area contributed by atoms with E-state index in [4.69, 9.17) is 0 Å². The molecule has 1 rings (SSSR count). The third kappa shape index (κ3) is 4.29. The van der Waals surface area contributed by atoms with E-state index in [0.717, 1.165) is 26.1 Å². The predicted octanol–water partition coefficient (Wildman–Crippen LogP) is 1.15. The van der Waals surface area contributed by atoms with Crippen LogP contribution in [0.3, 0.4) is 0 Å². The number of rotatable bonds is 9. The second kappa shape index (κ2) is 7.62. The van der Waals surface area contributed by atoms with Crippen molar-refractivity contribution >= 4 is 10.0 Å². The smallest absolute Gasteiger partial charge is 0.259 e. The van der Waals surface area contributed by atoms with Gasteiger partial charge in [0.2, 0.25) is 0 Å². The highest BCUT2D eigenvalue weighted by Gasteiger charge is 2.23. The van der Waals surface area contributed by atoms with Gasteiger partial charge in [-0.1, -0.05) is 20.8 Å². The molecule has 0 atom stereocenters. The minimum atomic E-state index is -3.42. The minimum absolute atomic E-state index is 0.164. The van der Waals surface area contributed by atoms with Crippen LogP contribution in [0, 0.1) is 0 Å². The molecule has 1 heterocycles. The molecule has 7 heteroatoms. The Labute approximate surface area is 115 Å². The van der Waals surface area contributed by atoms with Gasteiger partial charge in [0.05, 0.1) is 6.20 Å². The van der Waals surface area contributed by atoms with Crippen molar-refractivity contribution in [3.8, 4) is 0 Å². The van der Waals surface area contributed by atoms with Crippen molar-refractivity contribution in [1.82, 2.24) is 19.4 Å². The van der Waals surface area contributed by atoms with Crippen molar-refractivity contribution in [2.75, 3.05) is 32.7 Å². The van der Waals surface area contributed by atoms with E-state index in [0.29, 0.717) is 13.1 Å². The quantitative estimate of drug-likeness (QED) is 0.740. The standard InChI is InChI=1S/C12H24N4O2S/c1-4-15(5-2)10-7-11-16(6-3)19(17,18)12-8-9-13-14-12/h8-9H,4-7,10-11H2,1-3H3,(H,13,14). The Bertz CT molecular complexity index is 440. The topological polar surface area (TPSA) is 69.3 Å². The van der Waals surface area contributed by atoms with Crippen molar-refractivity contribution in [2.24, 2.45) is 0 Å². The normalized spacial score (nSPS) is 12.5. The molecule has 0 amide bonds. The average Bonchev–Trinajstić information content (AvgIpc) is 2.93. The van der Waals surface area contributed by atoms with E-state index in [1.165, 1.54) is 16.6 Å². The zero-order valence-electron chi connectivity index (χ0n) is 12.0. The van der Waals surface area contributed by atoms with E-state index in [1.807, 2.05) is 6.92 Å². The van der Waals surface area contributed by atoms with Crippen LogP contribution in [0.5, 0.6) is 0 Å². The number of nitrogens with zero attached hydrogens (tertiary/aromatic N) is 3. The Morgan fingerprint density at radius 2 is 1.84 bits per heavy atom. The number of hydrogen-bond donors (Lipinski definition) is 1. The summed E-state index contributed by atoms with van der Waals surface area (Å²) in [4.78, 5) is 2.29. The van der Waals surface area contributed by atoms with Crippen LogP contribution in [-0.2, 0) is 10.0 Å². The summed E-state index contributed by atoms with van der Waals surface area (Å²) in [6.45, 7) is 10.00. The van der Waals surface area contributed by atoms with Crippen LogP contribution >= 0.6 is 0 Å². The van der Waals surface area contributed by atoms with E-state index >= 15 is 0 Å². The Kier molecular flexibility index (Phi) is 6.47. The van der Waals surface area contributed by atoms with Crippen LogP contribution in [-0.4, -0.2) is 60.5 Å². The fourth-order valence-corrected chi connectivity index (χ4v) is 3.37. The number of nitrogens with one attached hydrogen (secondary N) is 1. The van der Waals surface area contributed by atoms with E-state index in [2.05, 4.69) is 28.9 Å². The van der Waals surface area contributed by atoms with Crippen LogP contribution in [0.15, 0.2) is 17.3 Å². The molecule has 0 radical (unpaired) electrons. The van der Waals surface area contributed by atoms with Crippen LogP contribution in [0.4, 0.5) is 0 Å². The van der Waals surface area contributed by atoms with Gasteiger partial charge in [0.25, 0.3) is 10.0 Å². The summed E-state index contributed by atoms with van der Waals surface area (Å²) in [5.74, 6) is 0. The van der Waals surface area contributed by atoms with Crippen molar-refractivity contribution in [3.05, 3.63) is 12.3 Å². The molecule has 1 aromatic heterocycles. The summed E-state index contributed by atoms with van der Waals surface area (Å²) in [6, 6.07) is 1.49. The molecule has 0 aliphatic rings. The molecule has 0 saturated carbocycles. The number of sulfonamides is 1. The van der Waals surface area contributed by atoms with Crippen LogP contribution in [0.2, 0.25) is 0 Å². The molecule has 0 unspecified atom stereocenters. The monoisotopic (exact) mass is 288 g/mol. The van der Waals surface area contributed by atoms with Gasteiger partial charge < -0.3 is 4.90 Å². The van der Waals surface area contributed by atoms with Crippen LogP contribution < -0.4 is 0 Å². The van der Waals surface area contributed by atoms with Gasteiger partial charge in [-0.2, -0.15) is 9.40 Å². The summed E-state index contributed by atoms with van der Waals surface area (Å²) in [5, 5.41) is 6.39. The largest absolute Gasteiger partial charge is 0.304 e. The fraction of sp³-hybridized carbons (Fsp3) is 0.750. The highest BCUT2D eigenvalue weighted by atomic mass is 32.2. The molecule has 1 aromatic rings. The van der Waals surface area contributed by atoms with Gasteiger partial charge in [0, 0.05) is 13.1 Å². The number of hydrogen-bond acceptors (Lipinski definition) is 4. The zero-order chi connectivity index (χ0) is 14.3. The SMILES string of the molecule is CCN(CC)CCCN(CC)S(=O)(=O)c1ccn[nH]1. The third-order valence-corrected chi connectivity index (χ3v) is 5.13. The molecular weight excluding hydrogens is 264 g/mol. The Hall–Kier alpha value is -0.920. The molecule has 0 fully saturated rings. The minimum Gasteiger partial charge on any atom is -0.304 e. The number of aromatic amines is 1. The number of H-pyrrole nitrogens is 1. The molecule has 0 aliphatic carbocycles. The predicted molar refractivity (Wildman–Crippen MR) is 75.4 cm³/mol. The molecule has 0 aliphatic heterocycles. The van der Waals surface area contributed by atoms with E-state index in [1.54, 1.807) is 0 Å². The Morgan fingerprint density at radius 1 is 1.16 bits per heavy atom. The average molecular weight is 288 g/mol. The molecule has 0 bridgehead atoms. The van der Waals surface area contributed by atoms with Crippen molar-refractivity contribution < 1.29 is 8.42 Å². The molecular formula is C12H24N4O2S. The van der Waals surface area contributed by atoms with Crippen molar-refractivity contribution in [1.29, 1.82) is 0 Å². The first kappa shape index (κ1) is 16.1. The highest BCUT2D eigenvalue weighted by molar-refractivity contribution is 7.89. The van der Waals surface area contributed by atoms with Gasteiger partial charge in [0.1, 0.15) is 0 Å².